The van der Waals surface area contributed by atoms with Crippen molar-refractivity contribution in [3.05, 3.63) is 0 Å². The van der Waals surface area contributed by atoms with Crippen LogP contribution in [-0.4, -0.2) is 19.0 Å². The molecule has 2 heteroatoms. The van der Waals surface area contributed by atoms with E-state index < -0.39 is 0 Å². The number of hydrogen-bond donors (Lipinski definition) is 0. The predicted octanol–water partition coefficient (Wildman–Crippen LogP) is 1.64. The van der Waals surface area contributed by atoms with E-state index in [9.17, 15) is 4.79 Å². The molecule has 0 N–H and O–H groups in total. The highest BCUT2D eigenvalue weighted by molar-refractivity contribution is 5.75. The topological polar surface area (TPSA) is 26.3 Å². The summed E-state index contributed by atoms with van der Waals surface area (Å²) in [5.41, 5.74) is 0. The molecule has 0 rings (SSSR count). The Labute approximate surface area is 62.6 Å². The van der Waals surface area contributed by atoms with Gasteiger partial charge in [0, 0.05) is 13.0 Å². The molecule has 0 aromatic rings. The molecule has 0 fully saturated rings. The molecule has 0 radical (unpaired) electrons. The van der Waals surface area contributed by atoms with Gasteiger partial charge in [0.05, 0.1) is 6.61 Å². The van der Waals surface area contributed by atoms with Crippen molar-refractivity contribution >= 4 is 5.78 Å². The van der Waals surface area contributed by atoms with Crippen LogP contribution in [-0.2, 0) is 9.53 Å². The molecule has 0 saturated heterocycles. The van der Waals surface area contributed by atoms with E-state index in [1.807, 2.05) is 0 Å². The first kappa shape index (κ1) is 9.63. The fourth-order valence-corrected chi connectivity index (χ4v) is 0.535. The molecule has 0 aromatic carbocycles. The predicted molar refractivity (Wildman–Crippen MR) is 41.0 cm³/mol. The quantitative estimate of drug-likeness (QED) is 0.548. The molecule has 0 aliphatic carbocycles. The molecule has 0 aliphatic rings. The van der Waals surface area contributed by atoms with Gasteiger partial charge in [-0.2, -0.15) is 0 Å². The highest BCUT2D eigenvalue weighted by Gasteiger charge is 1.95. The van der Waals surface area contributed by atoms with Crippen molar-refractivity contribution in [2.75, 3.05) is 13.2 Å². The molecule has 60 valence electrons. The Balaban J connectivity index is 2.98. The van der Waals surface area contributed by atoms with E-state index >= 15 is 0 Å². The molecule has 0 unspecified atom stereocenters. The lowest BCUT2D eigenvalue weighted by Gasteiger charge is -2.04. The smallest absolute Gasteiger partial charge is 0.132 e. The number of Topliss-reactive ketones (excluding diaryl/α,β-unsaturated/α-hetero) is 1. The molecule has 0 heterocycles. The van der Waals surface area contributed by atoms with Crippen LogP contribution in [0.4, 0.5) is 0 Å². The average Bonchev–Trinajstić information content (AvgIpc) is 1.79. The molecule has 0 bridgehead atoms. The monoisotopic (exact) mass is 144 g/mol. The summed E-state index contributed by atoms with van der Waals surface area (Å²) in [5, 5.41) is 0. The van der Waals surface area contributed by atoms with Gasteiger partial charge in [-0.3, -0.25) is 4.79 Å². The Hall–Kier alpha value is -0.370. The maximum atomic E-state index is 10.4. The van der Waals surface area contributed by atoms with Crippen LogP contribution in [0.15, 0.2) is 0 Å². The van der Waals surface area contributed by atoms with E-state index in [4.69, 9.17) is 4.74 Å². The van der Waals surface area contributed by atoms with Crippen LogP contribution in [0.5, 0.6) is 0 Å². The zero-order valence-electron chi connectivity index (χ0n) is 7.02. The number of rotatable bonds is 5. The van der Waals surface area contributed by atoms with Gasteiger partial charge < -0.3 is 4.74 Å². The van der Waals surface area contributed by atoms with E-state index in [1.165, 1.54) is 0 Å². The molecule has 2 nitrogen and oxygen atoms in total. The van der Waals surface area contributed by atoms with Crippen LogP contribution in [0.2, 0.25) is 0 Å². The van der Waals surface area contributed by atoms with Crippen LogP contribution in [0.25, 0.3) is 0 Å². The van der Waals surface area contributed by atoms with Gasteiger partial charge in [-0.15, -0.1) is 0 Å². The van der Waals surface area contributed by atoms with E-state index in [0.29, 0.717) is 18.9 Å². The molecular formula is C8H16O2. The minimum absolute atomic E-state index is 0.198. The van der Waals surface area contributed by atoms with Crippen LogP contribution in [0, 0.1) is 5.92 Å². The largest absolute Gasteiger partial charge is 0.381 e. The van der Waals surface area contributed by atoms with Gasteiger partial charge in [-0.25, -0.2) is 0 Å². The third-order valence-corrected chi connectivity index (χ3v) is 1.05. The van der Waals surface area contributed by atoms with Crippen molar-refractivity contribution in [1.82, 2.24) is 0 Å². The van der Waals surface area contributed by atoms with E-state index in [-0.39, 0.29) is 5.78 Å². The van der Waals surface area contributed by atoms with Crippen molar-refractivity contribution in [2.24, 2.45) is 5.92 Å². The van der Waals surface area contributed by atoms with Crippen molar-refractivity contribution in [2.45, 2.75) is 27.2 Å². The van der Waals surface area contributed by atoms with Gasteiger partial charge in [0.1, 0.15) is 5.78 Å². The van der Waals surface area contributed by atoms with Crippen LogP contribution in [0.3, 0.4) is 0 Å². The lowest BCUT2D eigenvalue weighted by Crippen LogP contribution is -2.05. The second-order valence-corrected chi connectivity index (χ2v) is 2.92. The van der Waals surface area contributed by atoms with Crippen molar-refractivity contribution in [1.29, 1.82) is 0 Å². The van der Waals surface area contributed by atoms with Gasteiger partial charge in [-0.1, -0.05) is 13.8 Å². The first-order valence-corrected chi connectivity index (χ1v) is 3.70. The fraction of sp³-hybridized carbons (Fsp3) is 0.875. The summed E-state index contributed by atoms with van der Waals surface area (Å²) in [6.07, 6.45) is 0.548. The molecule has 0 spiro atoms. The summed E-state index contributed by atoms with van der Waals surface area (Å²) in [5.74, 6) is 0.760. The Kier molecular flexibility index (Phi) is 5.22. The summed E-state index contributed by atoms with van der Waals surface area (Å²) < 4.78 is 5.19. The van der Waals surface area contributed by atoms with Crippen LogP contribution >= 0.6 is 0 Å². The van der Waals surface area contributed by atoms with Gasteiger partial charge in [0.15, 0.2) is 0 Å². The molecule has 0 aliphatic heterocycles. The lowest BCUT2D eigenvalue weighted by molar-refractivity contribution is -0.118. The highest BCUT2D eigenvalue weighted by atomic mass is 16.5. The summed E-state index contributed by atoms with van der Waals surface area (Å²) in [7, 11) is 0. The summed E-state index contributed by atoms with van der Waals surface area (Å²) >= 11 is 0. The van der Waals surface area contributed by atoms with Crippen molar-refractivity contribution in [3.63, 3.8) is 0 Å². The first-order valence-electron chi connectivity index (χ1n) is 3.70. The maximum Gasteiger partial charge on any atom is 0.132 e. The number of hydrogen-bond acceptors (Lipinski definition) is 2. The lowest BCUT2D eigenvalue weighted by atomic mass is 10.2. The van der Waals surface area contributed by atoms with E-state index in [1.54, 1.807) is 6.92 Å². The molecular weight excluding hydrogens is 128 g/mol. The Morgan fingerprint density at radius 1 is 1.50 bits per heavy atom. The van der Waals surface area contributed by atoms with Gasteiger partial charge in [-0.05, 0) is 12.8 Å². The first-order chi connectivity index (χ1) is 4.63. The van der Waals surface area contributed by atoms with E-state index in [2.05, 4.69) is 13.8 Å². The average molecular weight is 144 g/mol. The van der Waals surface area contributed by atoms with Gasteiger partial charge in [0.25, 0.3) is 0 Å². The second-order valence-electron chi connectivity index (χ2n) is 2.92. The SMILES string of the molecule is CC(=O)CCOCC(C)C. The Morgan fingerprint density at radius 2 is 2.10 bits per heavy atom. The molecule has 10 heavy (non-hydrogen) atoms. The molecule has 0 amide bonds. The number of ketones is 1. The summed E-state index contributed by atoms with van der Waals surface area (Å²) in [4.78, 5) is 10.4. The van der Waals surface area contributed by atoms with Crippen LogP contribution < -0.4 is 0 Å². The standard InChI is InChI=1S/C8H16O2/c1-7(2)6-10-5-4-8(3)9/h7H,4-6H2,1-3H3. The van der Waals surface area contributed by atoms with Gasteiger partial charge >= 0.3 is 0 Å². The zero-order valence-corrected chi connectivity index (χ0v) is 7.02. The number of ether oxygens (including phenoxy) is 1. The highest BCUT2D eigenvalue weighted by Crippen LogP contribution is 1.93. The Morgan fingerprint density at radius 3 is 2.50 bits per heavy atom. The molecule has 0 aromatic heterocycles. The zero-order chi connectivity index (χ0) is 7.98. The summed E-state index contributed by atoms with van der Waals surface area (Å²) in [6, 6.07) is 0. The third-order valence-electron chi connectivity index (χ3n) is 1.05. The van der Waals surface area contributed by atoms with E-state index in [0.717, 1.165) is 6.61 Å². The van der Waals surface area contributed by atoms with Crippen LogP contribution in [0.1, 0.15) is 27.2 Å². The van der Waals surface area contributed by atoms with Gasteiger partial charge in [0.2, 0.25) is 0 Å². The minimum atomic E-state index is 0.198. The maximum absolute atomic E-state index is 10.4. The fourth-order valence-electron chi connectivity index (χ4n) is 0.535. The number of carbonyl (C=O) groups is 1. The minimum Gasteiger partial charge on any atom is -0.381 e. The second kappa shape index (κ2) is 5.42. The van der Waals surface area contributed by atoms with Crippen molar-refractivity contribution in [3.8, 4) is 0 Å². The molecule has 0 atom stereocenters. The van der Waals surface area contributed by atoms with Crippen molar-refractivity contribution < 1.29 is 9.53 Å². The Bertz CT molecular complexity index is 97.4. The normalized spacial score (nSPS) is 10.4. The number of carbonyl (C=O) groups excluding carboxylic acids is 1. The third kappa shape index (κ3) is 7.63. The molecule has 0 saturated carbocycles. The summed E-state index contributed by atoms with van der Waals surface area (Å²) in [6.45, 7) is 7.10.